The third kappa shape index (κ3) is 4.04. The Balaban J connectivity index is 1.22. The van der Waals surface area contributed by atoms with Crippen molar-refractivity contribution in [2.24, 2.45) is 0 Å². The van der Waals surface area contributed by atoms with E-state index < -0.39 is 0 Å². The van der Waals surface area contributed by atoms with Crippen molar-refractivity contribution in [3.8, 4) is 11.4 Å². The number of hydrogen-bond donors (Lipinski definition) is 1. The fourth-order valence-corrected chi connectivity index (χ4v) is 3.92. The SMILES string of the molecule is Cc1ccc(-c2noc(CN3CCN(C(=O)c4cc5ccccc5[nH]c4=O)CC3)n2)cc1. The molecule has 0 atom stereocenters. The van der Waals surface area contributed by atoms with Gasteiger partial charge >= 0.3 is 0 Å². The van der Waals surface area contributed by atoms with E-state index in [4.69, 9.17) is 4.52 Å². The van der Waals surface area contributed by atoms with Crippen molar-refractivity contribution in [2.75, 3.05) is 26.2 Å². The van der Waals surface area contributed by atoms with E-state index in [1.54, 1.807) is 11.0 Å². The number of piperazine rings is 1. The Morgan fingerprint density at radius 2 is 1.81 bits per heavy atom. The average Bonchev–Trinajstić information content (AvgIpc) is 3.27. The molecule has 5 rings (SSSR count). The van der Waals surface area contributed by atoms with Crippen LogP contribution in [0.2, 0.25) is 0 Å². The van der Waals surface area contributed by atoms with Gasteiger partial charge in [-0.2, -0.15) is 4.98 Å². The summed E-state index contributed by atoms with van der Waals surface area (Å²) < 4.78 is 5.42. The summed E-state index contributed by atoms with van der Waals surface area (Å²) in [5.41, 5.74) is 2.64. The normalized spacial score (nSPS) is 14.7. The Hall–Kier alpha value is -3.78. The number of fused-ring (bicyclic) bond motifs is 1. The monoisotopic (exact) mass is 429 g/mol. The molecule has 1 aliphatic heterocycles. The number of pyridine rings is 1. The van der Waals surface area contributed by atoms with Crippen LogP contribution >= 0.6 is 0 Å². The Bertz CT molecular complexity index is 1320. The number of H-pyrrole nitrogens is 1. The minimum Gasteiger partial charge on any atom is -0.338 e. The van der Waals surface area contributed by atoms with Gasteiger partial charge in [-0.05, 0) is 24.4 Å². The minimum atomic E-state index is -0.356. The molecule has 162 valence electrons. The van der Waals surface area contributed by atoms with Gasteiger partial charge in [-0.15, -0.1) is 0 Å². The molecule has 1 aliphatic rings. The number of nitrogens with zero attached hydrogens (tertiary/aromatic N) is 4. The van der Waals surface area contributed by atoms with Gasteiger partial charge in [0.05, 0.1) is 6.54 Å². The molecule has 0 spiro atoms. The van der Waals surface area contributed by atoms with Gasteiger partial charge in [0.15, 0.2) is 0 Å². The molecule has 1 amide bonds. The molecule has 0 saturated carbocycles. The van der Waals surface area contributed by atoms with E-state index in [0.29, 0.717) is 44.4 Å². The van der Waals surface area contributed by atoms with Crippen molar-refractivity contribution in [1.29, 1.82) is 0 Å². The van der Waals surface area contributed by atoms with E-state index in [0.717, 1.165) is 16.5 Å². The van der Waals surface area contributed by atoms with Crippen LogP contribution in [0.4, 0.5) is 0 Å². The Kier molecular flexibility index (Phi) is 5.28. The van der Waals surface area contributed by atoms with Crippen molar-refractivity contribution >= 4 is 16.8 Å². The van der Waals surface area contributed by atoms with Crippen LogP contribution in [0.25, 0.3) is 22.3 Å². The molecule has 1 N–H and O–H groups in total. The first kappa shape index (κ1) is 20.1. The largest absolute Gasteiger partial charge is 0.338 e. The molecule has 8 heteroatoms. The second-order valence-corrected chi connectivity index (χ2v) is 8.05. The third-order valence-electron chi connectivity index (χ3n) is 5.78. The molecule has 8 nitrogen and oxygen atoms in total. The van der Waals surface area contributed by atoms with Gasteiger partial charge in [0.2, 0.25) is 11.7 Å². The number of amides is 1. The number of carbonyl (C=O) groups excluding carboxylic acids is 1. The summed E-state index contributed by atoms with van der Waals surface area (Å²) >= 11 is 0. The summed E-state index contributed by atoms with van der Waals surface area (Å²) in [6.07, 6.45) is 0. The fraction of sp³-hybridized carbons (Fsp3) is 0.250. The van der Waals surface area contributed by atoms with Crippen LogP contribution in [0.15, 0.2) is 63.9 Å². The number of aromatic amines is 1. The highest BCUT2D eigenvalue weighted by Crippen LogP contribution is 2.18. The lowest BCUT2D eigenvalue weighted by atomic mass is 10.1. The van der Waals surface area contributed by atoms with Gasteiger partial charge in [-0.25, -0.2) is 0 Å². The lowest BCUT2D eigenvalue weighted by molar-refractivity contribution is 0.0613. The van der Waals surface area contributed by atoms with Crippen molar-refractivity contribution in [1.82, 2.24) is 24.9 Å². The number of nitrogens with one attached hydrogen (secondary N) is 1. The van der Waals surface area contributed by atoms with Crippen LogP contribution in [-0.4, -0.2) is 57.0 Å². The van der Waals surface area contributed by atoms with Gasteiger partial charge in [-0.3, -0.25) is 14.5 Å². The number of para-hydroxylation sites is 1. The standard InChI is InChI=1S/C24H23N5O3/c1-16-6-8-17(9-7-16)22-26-21(32-27-22)15-28-10-12-29(13-11-28)24(31)19-14-18-4-2-3-5-20(18)25-23(19)30/h2-9,14H,10-13,15H2,1H3,(H,25,30). The Morgan fingerprint density at radius 3 is 2.59 bits per heavy atom. The molecule has 0 bridgehead atoms. The van der Waals surface area contributed by atoms with E-state index in [-0.39, 0.29) is 17.0 Å². The molecule has 2 aromatic heterocycles. The molecule has 0 unspecified atom stereocenters. The molecule has 0 radical (unpaired) electrons. The van der Waals surface area contributed by atoms with E-state index >= 15 is 0 Å². The zero-order valence-corrected chi connectivity index (χ0v) is 17.7. The fourth-order valence-electron chi connectivity index (χ4n) is 3.92. The predicted octanol–water partition coefficient (Wildman–Crippen LogP) is 2.84. The molecular formula is C24H23N5O3. The maximum atomic E-state index is 13.0. The van der Waals surface area contributed by atoms with Crippen molar-refractivity contribution in [3.05, 3.63) is 82.0 Å². The van der Waals surface area contributed by atoms with Crippen LogP contribution in [0.3, 0.4) is 0 Å². The van der Waals surface area contributed by atoms with Crippen LogP contribution in [-0.2, 0) is 6.54 Å². The third-order valence-corrected chi connectivity index (χ3v) is 5.78. The number of carbonyl (C=O) groups is 1. The van der Waals surface area contributed by atoms with Crippen molar-refractivity contribution < 1.29 is 9.32 Å². The van der Waals surface area contributed by atoms with E-state index in [2.05, 4.69) is 20.0 Å². The summed E-state index contributed by atoms with van der Waals surface area (Å²) in [4.78, 5) is 36.6. The number of benzene rings is 2. The Morgan fingerprint density at radius 1 is 1.06 bits per heavy atom. The molecule has 3 heterocycles. The number of hydrogen-bond acceptors (Lipinski definition) is 6. The van der Waals surface area contributed by atoms with Crippen LogP contribution in [0.1, 0.15) is 21.8 Å². The summed E-state index contributed by atoms with van der Waals surface area (Å²) in [6, 6.07) is 17.1. The Labute approximate surface area is 184 Å². The van der Waals surface area contributed by atoms with Gasteiger partial charge in [0.1, 0.15) is 5.56 Å². The summed E-state index contributed by atoms with van der Waals surface area (Å²) in [7, 11) is 0. The topological polar surface area (TPSA) is 95.3 Å². The lowest BCUT2D eigenvalue weighted by Crippen LogP contribution is -2.49. The summed E-state index contributed by atoms with van der Waals surface area (Å²) in [5.74, 6) is 0.881. The molecular weight excluding hydrogens is 406 g/mol. The highest BCUT2D eigenvalue weighted by molar-refractivity contribution is 5.97. The van der Waals surface area contributed by atoms with E-state index in [9.17, 15) is 9.59 Å². The number of rotatable bonds is 4. The lowest BCUT2D eigenvalue weighted by Gasteiger charge is -2.33. The van der Waals surface area contributed by atoms with Gasteiger partial charge < -0.3 is 14.4 Å². The van der Waals surface area contributed by atoms with Gasteiger partial charge in [0.25, 0.3) is 11.5 Å². The average molecular weight is 429 g/mol. The highest BCUT2D eigenvalue weighted by atomic mass is 16.5. The zero-order valence-electron chi connectivity index (χ0n) is 17.7. The van der Waals surface area contributed by atoms with Crippen LogP contribution < -0.4 is 5.56 Å². The molecule has 1 saturated heterocycles. The maximum Gasteiger partial charge on any atom is 0.261 e. The van der Waals surface area contributed by atoms with Crippen molar-refractivity contribution in [2.45, 2.75) is 13.5 Å². The first-order valence-electron chi connectivity index (χ1n) is 10.6. The quantitative estimate of drug-likeness (QED) is 0.536. The first-order valence-corrected chi connectivity index (χ1v) is 10.6. The molecule has 2 aromatic carbocycles. The van der Waals surface area contributed by atoms with Crippen molar-refractivity contribution in [3.63, 3.8) is 0 Å². The van der Waals surface area contributed by atoms with E-state index in [1.807, 2.05) is 55.5 Å². The number of aryl methyl sites for hydroxylation is 1. The smallest absolute Gasteiger partial charge is 0.261 e. The molecule has 0 aliphatic carbocycles. The highest BCUT2D eigenvalue weighted by Gasteiger charge is 2.25. The van der Waals surface area contributed by atoms with Crippen LogP contribution in [0, 0.1) is 6.92 Å². The predicted molar refractivity (Wildman–Crippen MR) is 120 cm³/mol. The second-order valence-electron chi connectivity index (χ2n) is 8.05. The molecule has 4 aromatic rings. The molecule has 1 fully saturated rings. The minimum absolute atomic E-state index is 0.178. The van der Waals surface area contributed by atoms with E-state index in [1.165, 1.54) is 5.56 Å². The first-order chi connectivity index (χ1) is 15.6. The van der Waals surface area contributed by atoms with Crippen LogP contribution in [0.5, 0.6) is 0 Å². The maximum absolute atomic E-state index is 13.0. The van der Waals surface area contributed by atoms with Gasteiger partial charge in [-0.1, -0.05) is 53.2 Å². The van der Waals surface area contributed by atoms with Gasteiger partial charge in [0, 0.05) is 37.3 Å². The zero-order chi connectivity index (χ0) is 22.1. The second kappa shape index (κ2) is 8.39. The summed E-state index contributed by atoms with van der Waals surface area (Å²) in [5, 5.41) is 4.93. The molecule has 32 heavy (non-hydrogen) atoms. The number of aromatic nitrogens is 3. The summed E-state index contributed by atoms with van der Waals surface area (Å²) in [6.45, 7) is 4.95.